The molecule has 0 saturated carbocycles. The number of methoxy groups -OCH3 is 3. The predicted molar refractivity (Wildman–Crippen MR) is 204 cm³/mol. The number of aromatic nitrogens is 2. The molecule has 1 aliphatic rings. The topological polar surface area (TPSA) is 133 Å². The largest absolute Gasteiger partial charge is 0.493 e. The van der Waals surface area contributed by atoms with Gasteiger partial charge in [0.15, 0.2) is 11.5 Å². The van der Waals surface area contributed by atoms with E-state index in [1.54, 1.807) is 45.2 Å². The first-order chi connectivity index (χ1) is 24.6. The highest BCUT2D eigenvalue weighted by Crippen LogP contribution is 2.50. The first-order valence-corrected chi connectivity index (χ1v) is 18.7. The molecule has 0 fully saturated rings. The number of nitrogens with zero attached hydrogens (tertiary/aromatic N) is 2. The summed E-state index contributed by atoms with van der Waals surface area (Å²) in [6.45, 7) is 5.49. The monoisotopic (exact) mass is 715 g/mol. The molecular formula is C39H49N5O6S. The molecule has 5 rings (SSSR count). The number of aryl methyl sites for hydroxylation is 2. The fourth-order valence-corrected chi connectivity index (χ4v) is 7.41. The molecule has 51 heavy (non-hydrogen) atoms. The highest BCUT2D eigenvalue weighted by molar-refractivity contribution is 7.98. The van der Waals surface area contributed by atoms with E-state index in [1.165, 1.54) is 6.92 Å². The fraction of sp³-hybridized carbons (Fsp3) is 0.436. The quantitative estimate of drug-likeness (QED) is 0.140. The van der Waals surface area contributed by atoms with Gasteiger partial charge in [-0.2, -0.15) is 11.8 Å². The lowest BCUT2D eigenvalue weighted by Crippen LogP contribution is -2.46. The van der Waals surface area contributed by atoms with Crippen molar-refractivity contribution in [3.8, 4) is 28.4 Å². The van der Waals surface area contributed by atoms with E-state index in [9.17, 15) is 14.4 Å². The number of fused-ring (bicyclic) bond motifs is 4. The van der Waals surface area contributed by atoms with Gasteiger partial charge in [0, 0.05) is 19.5 Å². The van der Waals surface area contributed by atoms with Crippen molar-refractivity contribution in [2.75, 3.05) is 38.7 Å². The highest BCUT2D eigenvalue weighted by atomic mass is 32.2. The number of benzene rings is 2. The van der Waals surface area contributed by atoms with Crippen LogP contribution in [0.15, 0.2) is 53.3 Å². The van der Waals surface area contributed by atoms with Crippen LogP contribution in [0.1, 0.15) is 69.1 Å². The Kier molecular flexibility index (Phi) is 12.2. The molecule has 0 saturated heterocycles. The van der Waals surface area contributed by atoms with Crippen molar-refractivity contribution < 1.29 is 23.8 Å². The number of hydrogen-bond acceptors (Lipinski definition) is 9. The van der Waals surface area contributed by atoms with E-state index in [4.69, 9.17) is 19.2 Å². The van der Waals surface area contributed by atoms with Crippen LogP contribution in [0, 0.1) is 5.92 Å². The summed E-state index contributed by atoms with van der Waals surface area (Å²) in [4.78, 5) is 45.7. The molecule has 0 unspecified atom stereocenters. The van der Waals surface area contributed by atoms with Crippen LogP contribution >= 0.6 is 11.8 Å². The van der Waals surface area contributed by atoms with Crippen molar-refractivity contribution >= 4 is 40.3 Å². The zero-order valence-electron chi connectivity index (χ0n) is 30.7. The maximum Gasteiger partial charge on any atom is 0.243 e. The molecule has 272 valence electrons. The molecule has 0 bridgehead atoms. The number of carbonyl (C=O) groups is 2. The Morgan fingerprint density at radius 3 is 2.45 bits per heavy atom. The van der Waals surface area contributed by atoms with Gasteiger partial charge in [0.1, 0.15) is 11.9 Å². The van der Waals surface area contributed by atoms with Gasteiger partial charge >= 0.3 is 0 Å². The van der Waals surface area contributed by atoms with E-state index in [0.717, 1.165) is 33.7 Å². The molecule has 4 aromatic rings. The van der Waals surface area contributed by atoms with Gasteiger partial charge in [-0.25, -0.2) is 4.98 Å². The number of anilines is 1. The average molecular weight is 716 g/mol. The number of carbonyl (C=O) groups excluding carboxylic acids is 2. The smallest absolute Gasteiger partial charge is 0.243 e. The van der Waals surface area contributed by atoms with E-state index in [0.29, 0.717) is 54.1 Å². The molecule has 4 atom stereocenters. The van der Waals surface area contributed by atoms with Gasteiger partial charge in [-0.1, -0.05) is 38.5 Å². The van der Waals surface area contributed by atoms with Crippen molar-refractivity contribution in [2.45, 2.75) is 64.6 Å². The second-order valence-corrected chi connectivity index (χ2v) is 13.9. The summed E-state index contributed by atoms with van der Waals surface area (Å²) in [6, 6.07) is 13.5. The molecule has 0 aliphatic heterocycles. The molecule has 12 heteroatoms. The van der Waals surface area contributed by atoms with Gasteiger partial charge in [-0.05, 0) is 84.2 Å². The van der Waals surface area contributed by atoms with Crippen LogP contribution in [0.5, 0.6) is 17.2 Å². The van der Waals surface area contributed by atoms with Crippen LogP contribution < -0.4 is 35.6 Å². The summed E-state index contributed by atoms with van der Waals surface area (Å²) in [5.41, 5.74) is 4.89. The van der Waals surface area contributed by atoms with Gasteiger partial charge in [0.25, 0.3) is 0 Å². The Hall–Kier alpha value is -4.71. The standard InChI is InChI=1S/C39H49N5O6S/c1-9-22(2)35(39(47)43-30(18-19-51-8)38-42-28-12-10-11-13-31(28)44(38)4)41-29-17-15-25-26(21-32(29)46)27(40-23(3)45)16-14-24-20-33(48-5)36(49-6)37(50-7)34(24)25/h10-13,15,17,20-22,27,30,35H,9,14,16,18-19H2,1-8H3,(H,40,45)(H,41,46)(H,43,47)/t22-,27+,30+,35+/m0/s1. The SMILES string of the molecule is CC[C@H](C)[C@@H](Nc1ccc2c(cc1=O)[C@H](NC(C)=O)CCc1cc(OC)c(OC)c(OC)c1-2)C(=O)N[C@H](CCSC)c1nc2ccccc2n1C. The first-order valence-electron chi connectivity index (χ1n) is 17.3. The minimum atomic E-state index is -0.714. The Labute approximate surface area is 303 Å². The minimum absolute atomic E-state index is 0.112. The Bertz CT molecular complexity index is 1960. The zero-order valence-corrected chi connectivity index (χ0v) is 31.5. The third-order valence-corrected chi connectivity index (χ3v) is 10.4. The van der Waals surface area contributed by atoms with Crippen molar-refractivity contribution in [3.63, 3.8) is 0 Å². The Morgan fingerprint density at radius 2 is 1.80 bits per heavy atom. The van der Waals surface area contributed by atoms with Gasteiger partial charge < -0.3 is 34.7 Å². The number of para-hydroxylation sites is 2. The van der Waals surface area contributed by atoms with Gasteiger partial charge in [-0.3, -0.25) is 14.4 Å². The van der Waals surface area contributed by atoms with Gasteiger partial charge in [0.05, 0.1) is 50.1 Å². The van der Waals surface area contributed by atoms with E-state index in [1.807, 2.05) is 68.1 Å². The maximum absolute atomic E-state index is 14.3. The number of imidazole rings is 1. The molecule has 1 heterocycles. The number of rotatable bonds is 14. The molecule has 3 N–H and O–H groups in total. The molecule has 11 nitrogen and oxygen atoms in total. The molecular weight excluding hydrogens is 667 g/mol. The third-order valence-electron chi connectivity index (χ3n) is 9.78. The van der Waals surface area contributed by atoms with Crippen molar-refractivity contribution in [3.05, 3.63) is 75.7 Å². The molecule has 2 amide bonds. The van der Waals surface area contributed by atoms with E-state index < -0.39 is 12.1 Å². The van der Waals surface area contributed by atoms with Crippen LogP contribution in [0.4, 0.5) is 5.69 Å². The third kappa shape index (κ3) is 7.80. The second-order valence-electron chi connectivity index (χ2n) is 13.0. The zero-order chi connectivity index (χ0) is 36.8. The van der Waals surface area contributed by atoms with Gasteiger partial charge in [0.2, 0.25) is 23.0 Å². The van der Waals surface area contributed by atoms with Crippen molar-refractivity contribution in [1.82, 2.24) is 20.2 Å². The lowest BCUT2D eigenvalue weighted by atomic mass is 9.95. The number of hydrogen-bond donors (Lipinski definition) is 3. The molecule has 1 aromatic heterocycles. The number of ether oxygens (including phenoxy) is 3. The summed E-state index contributed by atoms with van der Waals surface area (Å²) in [5.74, 6) is 2.51. The van der Waals surface area contributed by atoms with Crippen molar-refractivity contribution in [2.24, 2.45) is 13.0 Å². The summed E-state index contributed by atoms with van der Waals surface area (Å²) >= 11 is 1.71. The van der Waals surface area contributed by atoms with E-state index in [-0.39, 0.29) is 34.9 Å². The molecule has 1 aliphatic carbocycles. The Balaban J connectivity index is 1.58. The first kappa shape index (κ1) is 37.5. The van der Waals surface area contributed by atoms with Crippen LogP contribution in [0.25, 0.3) is 22.2 Å². The summed E-state index contributed by atoms with van der Waals surface area (Å²) in [7, 11) is 6.66. The normalized spacial score (nSPS) is 15.4. The summed E-state index contributed by atoms with van der Waals surface area (Å²) in [6.07, 6.45) is 4.57. The number of amides is 2. The molecule has 0 radical (unpaired) electrons. The average Bonchev–Trinajstić information content (AvgIpc) is 3.28. The van der Waals surface area contributed by atoms with E-state index >= 15 is 0 Å². The van der Waals surface area contributed by atoms with Crippen LogP contribution in [0.3, 0.4) is 0 Å². The summed E-state index contributed by atoms with van der Waals surface area (Å²) in [5, 5.41) is 9.67. The molecule has 0 spiro atoms. The lowest BCUT2D eigenvalue weighted by Gasteiger charge is -2.27. The van der Waals surface area contributed by atoms with Crippen LogP contribution in [-0.4, -0.2) is 60.7 Å². The highest BCUT2D eigenvalue weighted by Gasteiger charge is 2.32. The van der Waals surface area contributed by atoms with Crippen LogP contribution in [-0.2, 0) is 23.1 Å². The number of thioether (sulfide) groups is 1. The van der Waals surface area contributed by atoms with E-state index in [2.05, 4.69) is 16.0 Å². The fourth-order valence-electron chi connectivity index (χ4n) is 6.94. The lowest BCUT2D eigenvalue weighted by molar-refractivity contribution is -0.123. The maximum atomic E-state index is 14.3. The van der Waals surface area contributed by atoms with Gasteiger partial charge in [-0.15, -0.1) is 0 Å². The van der Waals surface area contributed by atoms with Crippen molar-refractivity contribution in [1.29, 1.82) is 0 Å². The Morgan fingerprint density at radius 1 is 1.06 bits per heavy atom. The molecule has 3 aromatic carbocycles. The predicted octanol–water partition coefficient (Wildman–Crippen LogP) is 6.19. The van der Waals surface area contributed by atoms with Crippen LogP contribution in [0.2, 0.25) is 0 Å². The summed E-state index contributed by atoms with van der Waals surface area (Å²) < 4.78 is 19.3. The minimum Gasteiger partial charge on any atom is -0.493 e. The second kappa shape index (κ2) is 16.5. The number of nitrogens with one attached hydrogen (secondary N) is 3.